The monoisotopic (exact) mass is 545 g/mol. The predicted octanol–water partition coefficient (Wildman–Crippen LogP) is 5.09. The zero-order valence-electron chi connectivity index (χ0n) is 20.0. The number of carbonyl (C=O) groups excluding carboxylic acids is 4. The number of nitrogen functional groups attached to an aromatic ring is 1. The van der Waals surface area contributed by atoms with Crippen molar-refractivity contribution < 1.29 is 29.4 Å². The van der Waals surface area contributed by atoms with Crippen LogP contribution in [0.25, 0.3) is 0 Å². The lowest BCUT2D eigenvalue weighted by molar-refractivity contribution is -0.118. The third-order valence-corrected chi connectivity index (χ3v) is 5.83. The van der Waals surface area contributed by atoms with Gasteiger partial charge in [-0.3, -0.25) is 19.2 Å². The van der Waals surface area contributed by atoms with Crippen LogP contribution in [0.15, 0.2) is 36.4 Å². The van der Waals surface area contributed by atoms with Crippen molar-refractivity contribution in [2.75, 3.05) is 17.5 Å². The molecule has 2 rings (SSSR count). The topological polar surface area (TPSA) is 135 Å². The summed E-state index contributed by atoms with van der Waals surface area (Å²) in [5, 5.41) is 18.3. The van der Waals surface area contributed by atoms with Gasteiger partial charge >= 0.3 is 0 Å². The molecule has 7 nitrogen and oxygen atoms in total. The maximum absolute atomic E-state index is 11.3. The molecular formula is C25H30Cl3NO6. The summed E-state index contributed by atoms with van der Waals surface area (Å²) in [6.07, 6.45) is 0.0911. The number of halogens is 3. The molecule has 0 fully saturated rings. The average molecular weight is 547 g/mol. The Bertz CT molecular complexity index is 1040. The number of alkyl halides is 2. The highest BCUT2D eigenvalue weighted by molar-refractivity contribution is 6.67. The highest BCUT2D eigenvalue weighted by atomic mass is 35.5. The number of phenolic OH excluding ortho intramolecular Hbond substituents is 2. The molecule has 0 bridgehead atoms. The Kier molecular flexibility index (Phi) is 14.9. The number of anilines is 1. The van der Waals surface area contributed by atoms with Crippen molar-refractivity contribution >= 4 is 63.1 Å². The fourth-order valence-electron chi connectivity index (χ4n) is 2.59. The van der Waals surface area contributed by atoms with E-state index >= 15 is 0 Å². The summed E-state index contributed by atoms with van der Waals surface area (Å²) < 4.78 is 0. The van der Waals surface area contributed by atoms with Crippen molar-refractivity contribution in [2.45, 2.75) is 46.0 Å². The van der Waals surface area contributed by atoms with E-state index in [1.54, 1.807) is 31.2 Å². The minimum absolute atomic E-state index is 0.0466. The number of rotatable bonds is 8. The molecule has 0 spiro atoms. The Morgan fingerprint density at radius 3 is 1.63 bits per heavy atom. The van der Waals surface area contributed by atoms with Crippen LogP contribution in [-0.2, 0) is 25.6 Å². The van der Waals surface area contributed by atoms with Crippen molar-refractivity contribution in [3.63, 3.8) is 0 Å². The van der Waals surface area contributed by atoms with E-state index in [4.69, 9.17) is 45.6 Å². The molecule has 0 aliphatic rings. The Hall–Kier alpha value is -2.61. The number of ketones is 3. The molecule has 0 saturated carbocycles. The molecule has 10 heteroatoms. The van der Waals surface area contributed by atoms with E-state index in [1.807, 2.05) is 6.92 Å². The van der Waals surface area contributed by atoms with E-state index in [0.717, 1.165) is 11.1 Å². The van der Waals surface area contributed by atoms with Gasteiger partial charge in [-0.2, -0.15) is 0 Å². The van der Waals surface area contributed by atoms with Crippen LogP contribution in [0.3, 0.4) is 0 Å². The Balaban J connectivity index is 0.000000567. The van der Waals surface area contributed by atoms with E-state index in [-0.39, 0.29) is 58.9 Å². The smallest absolute Gasteiger partial charge is 0.236 e. The van der Waals surface area contributed by atoms with Gasteiger partial charge in [-0.05, 0) is 54.8 Å². The standard InChI is InChI=1S/C13H15ClO3.C10H13NO2.C2H2Cl2O/c1-8(9(2)15)10-3-4-13(17)11(5-10)6-12(16)7-14;1-6(7(2)12)8-3-4-10(13)9(11)5-8;3-1-2(4)5/h3-5,8,17H,6-7H2,1-2H3;3-6,13H,11H2,1-2H3;1H2. The van der Waals surface area contributed by atoms with Gasteiger partial charge in [0.1, 0.15) is 23.1 Å². The third-order valence-electron chi connectivity index (χ3n) is 5.02. The van der Waals surface area contributed by atoms with Crippen LogP contribution in [0, 0.1) is 0 Å². The first-order valence-electron chi connectivity index (χ1n) is 10.5. The fourth-order valence-corrected chi connectivity index (χ4v) is 2.68. The number of hydrogen-bond acceptors (Lipinski definition) is 7. The van der Waals surface area contributed by atoms with Crippen molar-refractivity contribution in [3.8, 4) is 11.5 Å². The molecule has 0 aliphatic heterocycles. The molecule has 0 heterocycles. The minimum atomic E-state index is -0.508. The number of carbonyl (C=O) groups is 4. The zero-order chi connectivity index (χ0) is 27.3. The zero-order valence-corrected chi connectivity index (χ0v) is 22.2. The van der Waals surface area contributed by atoms with E-state index in [0.29, 0.717) is 11.3 Å². The quantitative estimate of drug-likeness (QED) is 0.182. The summed E-state index contributed by atoms with van der Waals surface area (Å²) in [7, 11) is 0. The summed E-state index contributed by atoms with van der Waals surface area (Å²) in [6.45, 7) is 6.66. The van der Waals surface area contributed by atoms with Crippen LogP contribution in [0.1, 0.15) is 56.2 Å². The van der Waals surface area contributed by atoms with Gasteiger partial charge in [0, 0.05) is 23.8 Å². The van der Waals surface area contributed by atoms with E-state index in [9.17, 15) is 24.3 Å². The van der Waals surface area contributed by atoms with Gasteiger partial charge in [0.2, 0.25) is 5.24 Å². The van der Waals surface area contributed by atoms with E-state index in [1.165, 1.54) is 26.0 Å². The predicted molar refractivity (Wildman–Crippen MR) is 140 cm³/mol. The van der Waals surface area contributed by atoms with Crippen LogP contribution in [0.4, 0.5) is 5.69 Å². The molecular weight excluding hydrogens is 517 g/mol. The van der Waals surface area contributed by atoms with Crippen molar-refractivity contribution in [1.82, 2.24) is 0 Å². The molecule has 192 valence electrons. The molecule has 2 aromatic carbocycles. The number of aromatic hydroxyl groups is 2. The molecule has 2 aromatic rings. The van der Waals surface area contributed by atoms with Gasteiger partial charge < -0.3 is 15.9 Å². The molecule has 0 aromatic heterocycles. The molecule has 0 aliphatic carbocycles. The molecule has 0 radical (unpaired) electrons. The van der Waals surface area contributed by atoms with Gasteiger partial charge in [0.05, 0.1) is 17.4 Å². The van der Waals surface area contributed by atoms with Gasteiger partial charge in [-0.25, -0.2) is 0 Å². The van der Waals surface area contributed by atoms with E-state index < -0.39 is 5.24 Å². The van der Waals surface area contributed by atoms with Gasteiger partial charge in [-0.15, -0.1) is 23.2 Å². The number of hydrogen-bond donors (Lipinski definition) is 3. The Labute approximate surface area is 220 Å². The van der Waals surface area contributed by atoms with Crippen molar-refractivity contribution in [3.05, 3.63) is 53.1 Å². The first-order valence-corrected chi connectivity index (χ1v) is 11.9. The summed E-state index contributed by atoms with van der Waals surface area (Å²) in [5.74, 6) is -0.483. The summed E-state index contributed by atoms with van der Waals surface area (Å²) in [4.78, 5) is 43.0. The van der Waals surface area contributed by atoms with Gasteiger partial charge in [0.15, 0.2) is 5.78 Å². The van der Waals surface area contributed by atoms with Gasteiger partial charge in [0.25, 0.3) is 0 Å². The van der Waals surface area contributed by atoms with Crippen LogP contribution < -0.4 is 5.73 Å². The molecule has 0 saturated heterocycles. The second-order valence-corrected chi connectivity index (χ2v) is 8.66. The molecule has 2 unspecified atom stereocenters. The second-order valence-electron chi connectivity index (χ2n) is 7.71. The summed E-state index contributed by atoms with van der Waals surface area (Å²) in [6, 6.07) is 9.72. The fraction of sp³-hybridized carbons (Fsp3) is 0.360. The van der Waals surface area contributed by atoms with Crippen molar-refractivity contribution in [2.24, 2.45) is 0 Å². The lowest BCUT2D eigenvalue weighted by Gasteiger charge is -2.11. The average Bonchev–Trinajstić information content (AvgIpc) is 2.81. The molecule has 2 atom stereocenters. The number of phenols is 2. The molecule has 4 N–H and O–H groups in total. The van der Waals surface area contributed by atoms with Crippen molar-refractivity contribution in [1.29, 1.82) is 0 Å². The first-order chi connectivity index (χ1) is 16.2. The minimum Gasteiger partial charge on any atom is -0.508 e. The Morgan fingerprint density at radius 1 is 0.829 bits per heavy atom. The lowest BCUT2D eigenvalue weighted by Crippen LogP contribution is -2.07. The highest BCUT2D eigenvalue weighted by Gasteiger charge is 2.14. The second kappa shape index (κ2) is 16.1. The van der Waals surface area contributed by atoms with Crippen LogP contribution >= 0.6 is 34.8 Å². The first kappa shape index (κ1) is 32.4. The summed E-state index contributed by atoms with van der Waals surface area (Å²) >= 11 is 15.0. The maximum Gasteiger partial charge on any atom is 0.236 e. The van der Waals surface area contributed by atoms with Crippen LogP contribution in [-0.4, -0.2) is 44.6 Å². The summed E-state index contributed by atoms with van der Waals surface area (Å²) in [5.41, 5.74) is 7.96. The van der Waals surface area contributed by atoms with Crippen LogP contribution in [0.2, 0.25) is 0 Å². The SMILES string of the molecule is CC(=O)C(C)c1ccc(O)c(CC(=O)CCl)c1.CC(=O)C(C)c1ccc(O)c(N)c1.O=C(Cl)CCl. The third kappa shape index (κ3) is 12.1. The number of Topliss-reactive ketones (excluding diaryl/α,β-unsaturated/α-hetero) is 3. The highest BCUT2D eigenvalue weighted by Crippen LogP contribution is 2.26. The largest absolute Gasteiger partial charge is 0.508 e. The lowest BCUT2D eigenvalue weighted by atomic mass is 9.94. The Morgan fingerprint density at radius 2 is 1.26 bits per heavy atom. The maximum atomic E-state index is 11.3. The normalized spacial score (nSPS) is 11.6. The molecule has 35 heavy (non-hydrogen) atoms. The van der Waals surface area contributed by atoms with Gasteiger partial charge in [-0.1, -0.05) is 32.0 Å². The number of nitrogens with two attached hydrogens (primary N) is 1. The molecule has 0 amide bonds. The van der Waals surface area contributed by atoms with E-state index in [2.05, 4.69) is 0 Å². The van der Waals surface area contributed by atoms with Crippen LogP contribution in [0.5, 0.6) is 11.5 Å². The number of benzene rings is 2.